The maximum atomic E-state index is 9.01. The fourth-order valence-electron chi connectivity index (χ4n) is 0.955. The van der Waals surface area contributed by atoms with E-state index in [9.17, 15) is 0 Å². The molecule has 1 atom stereocenters. The molecule has 0 spiro atoms. The average molecular weight is 136 g/mol. The summed E-state index contributed by atoms with van der Waals surface area (Å²) in [5.41, 5.74) is 1.19. The van der Waals surface area contributed by atoms with E-state index in [1.165, 1.54) is 5.56 Å². The van der Waals surface area contributed by atoms with Gasteiger partial charge in [-0.05, 0) is 18.9 Å². The number of aliphatic hydroxyl groups is 1. The molecule has 0 unspecified atom stereocenters. The molecule has 1 N–H and O–H groups in total. The predicted octanol–water partition coefficient (Wildman–Crippen LogP) is 1.61. The van der Waals surface area contributed by atoms with Crippen LogP contribution in [0.2, 0.25) is 0 Å². The van der Waals surface area contributed by atoms with Crippen LogP contribution in [0.1, 0.15) is 12.5 Å². The van der Waals surface area contributed by atoms with Crippen LogP contribution < -0.4 is 0 Å². The summed E-state index contributed by atoms with van der Waals surface area (Å²) in [6, 6.07) is 9.99. The van der Waals surface area contributed by atoms with Crippen molar-refractivity contribution >= 4 is 0 Å². The summed E-state index contributed by atoms with van der Waals surface area (Å²) in [6.07, 6.45) is 0.517. The second-order valence-corrected chi connectivity index (χ2v) is 2.54. The molecule has 0 saturated carbocycles. The zero-order valence-electron chi connectivity index (χ0n) is 6.12. The summed E-state index contributed by atoms with van der Waals surface area (Å²) >= 11 is 0. The molecule has 1 rings (SSSR count). The first-order valence-corrected chi connectivity index (χ1v) is 3.51. The molecule has 1 aromatic carbocycles. The van der Waals surface area contributed by atoms with Crippen molar-refractivity contribution < 1.29 is 5.11 Å². The predicted molar refractivity (Wildman–Crippen MR) is 41.8 cm³/mol. The number of hydrogen-bond acceptors (Lipinski definition) is 1. The number of aliphatic hydroxyl groups excluding tert-OH is 1. The van der Waals surface area contributed by atoms with Crippen LogP contribution in [0.5, 0.6) is 0 Å². The van der Waals surface area contributed by atoms with Crippen molar-refractivity contribution in [1.82, 2.24) is 0 Å². The first-order valence-electron chi connectivity index (χ1n) is 3.51. The van der Waals surface area contributed by atoms with E-state index in [-0.39, 0.29) is 6.10 Å². The van der Waals surface area contributed by atoms with Gasteiger partial charge in [0, 0.05) is 0 Å². The summed E-state index contributed by atoms with van der Waals surface area (Å²) in [5.74, 6) is 0. The molecule has 1 aromatic rings. The quantitative estimate of drug-likeness (QED) is 0.655. The minimum Gasteiger partial charge on any atom is -0.393 e. The Morgan fingerprint density at radius 2 is 1.90 bits per heavy atom. The van der Waals surface area contributed by atoms with Crippen molar-refractivity contribution in [2.75, 3.05) is 0 Å². The Balaban J connectivity index is 2.59. The Bertz CT molecular complexity index is 179. The molecule has 0 bridgehead atoms. The summed E-state index contributed by atoms with van der Waals surface area (Å²) in [4.78, 5) is 0. The third-order valence-electron chi connectivity index (χ3n) is 1.37. The van der Waals surface area contributed by atoms with Gasteiger partial charge in [0.1, 0.15) is 0 Å². The Labute approximate surface area is 61.3 Å². The van der Waals surface area contributed by atoms with Gasteiger partial charge in [0.25, 0.3) is 0 Å². The van der Waals surface area contributed by atoms with Crippen molar-refractivity contribution in [3.63, 3.8) is 0 Å². The van der Waals surface area contributed by atoms with Gasteiger partial charge in [0.2, 0.25) is 0 Å². The van der Waals surface area contributed by atoms with E-state index in [4.69, 9.17) is 5.11 Å². The van der Waals surface area contributed by atoms with Crippen molar-refractivity contribution in [3.05, 3.63) is 35.9 Å². The van der Waals surface area contributed by atoms with E-state index in [0.29, 0.717) is 0 Å². The van der Waals surface area contributed by atoms with Crippen LogP contribution in [0.15, 0.2) is 30.3 Å². The van der Waals surface area contributed by atoms with Gasteiger partial charge < -0.3 is 5.11 Å². The Kier molecular flexibility index (Phi) is 2.46. The molecule has 0 radical (unpaired) electrons. The lowest BCUT2D eigenvalue weighted by Crippen LogP contribution is -2.03. The molecule has 1 nitrogen and oxygen atoms in total. The van der Waals surface area contributed by atoms with Crippen LogP contribution in [0.3, 0.4) is 0 Å². The first kappa shape index (κ1) is 7.29. The van der Waals surface area contributed by atoms with Crippen LogP contribution >= 0.6 is 0 Å². The van der Waals surface area contributed by atoms with Gasteiger partial charge in [0.15, 0.2) is 0 Å². The van der Waals surface area contributed by atoms with Gasteiger partial charge in [-0.2, -0.15) is 0 Å². The molecule has 10 heavy (non-hydrogen) atoms. The zero-order chi connectivity index (χ0) is 7.40. The van der Waals surface area contributed by atoms with E-state index in [0.717, 1.165) is 6.42 Å². The maximum absolute atomic E-state index is 9.01. The smallest absolute Gasteiger partial charge is 0.0552 e. The summed E-state index contributed by atoms with van der Waals surface area (Å²) in [6.45, 7) is 1.80. The van der Waals surface area contributed by atoms with Gasteiger partial charge in [-0.1, -0.05) is 30.3 Å². The molecule has 0 heterocycles. The molecule has 54 valence electrons. The highest BCUT2D eigenvalue weighted by atomic mass is 16.3. The minimum atomic E-state index is -0.234. The standard InChI is InChI=1S/C9H12O/c1-8(10)7-9-5-3-2-4-6-9/h2-6,8,10H,7H2,1H3/t8-/m0/s1. The third-order valence-corrected chi connectivity index (χ3v) is 1.37. The lowest BCUT2D eigenvalue weighted by atomic mass is 10.1. The molecular weight excluding hydrogens is 124 g/mol. The van der Waals surface area contributed by atoms with E-state index >= 15 is 0 Å². The van der Waals surface area contributed by atoms with Gasteiger partial charge in [0.05, 0.1) is 6.10 Å². The molecule has 0 amide bonds. The monoisotopic (exact) mass is 136 g/mol. The summed E-state index contributed by atoms with van der Waals surface area (Å²) < 4.78 is 0. The molecule has 0 aliphatic heterocycles. The Morgan fingerprint density at radius 3 is 2.40 bits per heavy atom. The third kappa shape index (κ3) is 2.19. The van der Waals surface area contributed by atoms with E-state index in [1.807, 2.05) is 30.3 Å². The summed E-state index contributed by atoms with van der Waals surface area (Å²) in [5, 5.41) is 9.01. The van der Waals surface area contributed by atoms with E-state index < -0.39 is 0 Å². The normalized spacial score (nSPS) is 13.0. The van der Waals surface area contributed by atoms with Crippen molar-refractivity contribution in [2.24, 2.45) is 0 Å². The van der Waals surface area contributed by atoms with Gasteiger partial charge in [-0.15, -0.1) is 0 Å². The number of benzene rings is 1. The largest absolute Gasteiger partial charge is 0.393 e. The van der Waals surface area contributed by atoms with E-state index in [2.05, 4.69) is 0 Å². The van der Waals surface area contributed by atoms with Gasteiger partial charge in [-0.25, -0.2) is 0 Å². The molecule has 0 aliphatic carbocycles. The molecule has 0 aromatic heterocycles. The second-order valence-electron chi connectivity index (χ2n) is 2.54. The Hall–Kier alpha value is -0.820. The number of rotatable bonds is 2. The van der Waals surface area contributed by atoms with E-state index in [1.54, 1.807) is 6.92 Å². The number of hydrogen-bond donors (Lipinski definition) is 1. The topological polar surface area (TPSA) is 20.2 Å². The lowest BCUT2D eigenvalue weighted by molar-refractivity contribution is 0.195. The van der Waals surface area contributed by atoms with Gasteiger partial charge in [-0.3, -0.25) is 0 Å². The Morgan fingerprint density at radius 1 is 1.30 bits per heavy atom. The lowest BCUT2D eigenvalue weighted by Gasteiger charge is -2.01. The molecule has 0 aliphatic rings. The van der Waals surface area contributed by atoms with Crippen LogP contribution in [0.4, 0.5) is 0 Å². The average Bonchev–Trinajstić information content (AvgIpc) is 1.88. The highest BCUT2D eigenvalue weighted by Crippen LogP contribution is 2.01. The maximum Gasteiger partial charge on any atom is 0.0552 e. The second kappa shape index (κ2) is 3.37. The SMILES string of the molecule is C[C@H](O)Cc1ccccc1. The van der Waals surface area contributed by atoms with Crippen LogP contribution in [0.25, 0.3) is 0 Å². The van der Waals surface area contributed by atoms with Crippen LogP contribution in [0, 0.1) is 0 Å². The molecule has 0 fully saturated rings. The van der Waals surface area contributed by atoms with Crippen molar-refractivity contribution in [3.8, 4) is 0 Å². The molecule has 1 heteroatoms. The molecule has 0 saturated heterocycles. The molecular formula is C9H12O. The van der Waals surface area contributed by atoms with Crippen LogP contribution in [-0.4, -0.2) is 11.2 Å². The highest BCUT2D eigenvalue weighted by molar-refractivity contribution is 5.15. The van der Waals surface area contributed by atoms with Crippen molar-refractivity contribution in [2.45, 2.75) is 19.4 Å². The van der Waals surface area contributed by atoms with Crippen molar-refractivity contribution in [1.29, 1.82) is 0 Å². The fourth-order valence-corrected chi connectivity index (χ4v) is 0.955. The highest BCUT2D eigenvalue weighted by Gasteiger charge is 1.95. The fraction of sp³-hybridized carbons (Fsp3) is 0.333. The van der Waals surface area contributed by atoms with Crippen LogP contribution in [-0.2, 0) is 6.42 Å². The minimum absolute atomic E-state index is 0.234. The summed E-state index contributed by atoms with van der Waals surface area (Å²) in [7, 11) is 0. The first-order chi connectivity index (χ1) is 4.79. The van der Waals surface area contributed by atoms with Gasteiger partial charge >= 0.3 is 0 Å². The zero-order valence-corrected chi connectivity index (χ0v) is 6.12.